The van der Waals surface area contributed by atoms with Gasteiger partial charge in [-0.05, 0) is 50.3 Å². The van der Waals surface area contributed by atoms with Crippen LogP contribution in [0.25, 0.3) is 22.2 Å². The monoisotopic (exact) mass is 430 g/mol. The molecule has 3 rings (SSSR count). The molecule has 2 N–H and O–H groups in total. The van der Waals surface area contributed by atoms with E-state index >= 15 is 0 Å². The number of pyridine rings is 1. The molecule has 0 unspecified atom stereocenters. The van der Waals surface area contributed by atoms with E-state index in [1.54, 1.807) is 6.07 Å². The third-order valence-electron chi connectivity index (χ3n) is 4.69. The van der Waals surface area contributed by atoms with Gasteiger partial charge in [-0.25, -0.2) is 0 Å². The lowest BCUT2D eigenvalue weighted by Crippen LogP contribution is -2.40. The van der Waals surface area contributed by atoms with Gasteiger partial charge >= 0.3 is 0 Å². The summed E-state index contributed by atoms with van der Waals surface area (Å²) in [4.78, 5) is 29.3. The van der Waals surface area contributed by atoms with Crippen LogP contribution in [0.15, 0.2) is 28.4 Å². The molecule has 154 valence electrons. The Morgan fingerprint density at radius 2 is 1.76 bits per heavy atom. The van der Waals surface area contributed by atoms with Gasteiger partial charge in [0.05, 0.1) is 16.6 Å². The predicted molar refractivity (Wildman–Crippen MR) is 124 cm³/mol. The SMILES string of the molecule is Cc1cc(C(C)(C)C)c(Cl)cc1-c1cc(=O)c2c(C(=O)NC(C)(C)C)scc2[nH]1. The number of halogens is 1. The van der Waals surface area contributed by atoms with E-state index in [2.05, 4.69) is 37.1 Å². The average molecular weight is 431 g/mol. The van der Waals surface area contributed by atoms with E-state index in [0.717, 1.165) is 16.7 Å². The number of carbonyl (C=O) groups is 1. The van der Waals surface area contributed by atoms with Crippen molar-refractivity contribution in [3.8, 4) is 11.3 Å². The number of hydrogen-bond acceptors (Lipinski definition) is 3. The molecule has 29 heavy (non-hydrogen) atoms. The maximum absolute atomic E-state index is 12.9. The second kappa shape index (κ2) is 7.29. The van der Waals surface area contributed by atoms with Gasteiger partial charge in [-0.3, -0.25) is 9.59 Å². The minimum absolute atomic E-state index is 0.0690. The maximum atomic E-state index is 12.9. The third kappa shape index (κ3) is 4.41. The first kappa shape index (κ1) is 21.6. The fourth-order valence-electron chi connectivity index (χ4n) is 3.33. The molecular formula is C23H27ClN2O2S. The van der Waals surface area contributed by atoms with Gasteiger partial charge in [-0.15, -0.1) is 11.3 Å². The van der Waals surface area contributed by atoms with Gasteiger partial charge < -0.3 is 10.3 Å². The summed E-state index contributed by atoms with van der Waals surface area (Å²) in [5.74, 6) is -0.232. The zero-order chi connectivity index (χ0) is 21.7. The number of aromatic amines is 1. The molecule has 2 aromatic heterocycles. The van der Waals surface area contributed by atoms with E-state index in [1.165, 1.54) is 11.3 Å². The molecule has 1 aromatic carbocycles. The highest BCUT2D eigenvalue weighted by Gasteiger charge is 2.22. The minimum Gasteiger partial charge on any atom is -0.354 e. The lowest BCUT2D eigenvalue weighted by Gasteiger charge is -2.22. The lowest BCUT2D eigenvalue weighted by molar-refractivity contribution is 0.0925. The van der Waals surface area contributed by atoms with Crippen molar-refractivity contribution in [1.29, 1.82) is 0 Å². The van der Waals surface area contributed by atoms with Crippen molar-refractivity contribution in [2.45, 2.75) is 59.4 Å². The highest BCUT2D eigenvalue weighted by molar-refractivity contribution is 7.13. The molecular weight excluding hydrogens is 404 g/mol. The first-order valence-electron chi connectivity index (χ1n) is 9.56. The van der Waals surface area contributed by atoms with Crippen LogP contribution >= 0.6 is 22.9 Å². The fraction of sp³-hybridized carbons (Fsp3) is 0.391. The highest BCUT2D eigenvalue weighted by Crippen LogP contribution is 2.35. The number of thiophene rings is 1. The molecule has 6 heteroatoms. The molecule has 0 saturated carbocycles. The Kier molecular flexibility index (Phi) is 5.43. The van der Waals surface area contributed by atoms with Crippen LogP contribution in [-0.2, 0) is 5.41 Å². The molecule has 0 fully saturated rings. The van der Waals surface area contributed by atoms with Crippen molar-refractivity contribution in [3.63, 3.8) is 0 Å². The van der Waals surface area contributed by atoms with Crippen LogP contribution in [0.3, 0.4) is 0 Å². The number of amides is 1. The summed E-state index contributed by atoms with van der Waals surface area (Å²) in [6, 6.07) is 5.54. The topological polar surface area (TPSA) is 62.0 Å². The molecule has 1 amide bonds. The Hall–Kier alpha value is -2.11. The Morgan fingerprint density at radius 3 is 2.34 bits per heavy atom. The van der Waals surface area contributed by atoms with E-state index in [-0.39, 0.29) is 22.3 Å². The fourth-order valence-corrected chi connectivity index (χ4v) is 4.68. The van der Waals surface area contributed by atoms with Crippen LogP contribution in [0.4, 0.5) is 0 Å². The average Bonchev–Trinajstić information content (AvgIpc) is 2.98. The number of H-pyrrole nitrogens is 1. The number of aryl methyl sites for hydroxylation is 1. The molecule has 0 aliphatic heterocycles. The first-order chi connectivity index (χ1) is 13.3. The molecule has 0 radical (unpaired) electrons. The van der Waals surface area contributed by atoms with Gasteiger partial charge in [0.2, 0.25) is 0 Å². The van der Waals surface area contributed by atoms with E-state index < -0.39 is 0 Å². The summed E-state index contributed by atoms with van der Waals surface area (Å²) in [5.41, 5.74) is 3.73. The highest BCUT2D eigenvalue weighted by atomic mass is 35.5. The largest absolute Gasteiger partial charge is 0.354 e. The van der Waals surface area contributed by atoms with E-state index in [1.807, 2.05) is 39.1 Å². The normalized spacial score (nSPS) is 12.4. The Labute approximate surface area is 180 Å². The molecule has 0 aliphatic carbocycles. The maximum Gasteiger partial charge on any atom is 0.262 e. The van der Waals surface area contributed by atoms with Gasteiger partial charge in [-0.2, -0.15) is 0 Å². The third-order valence-corrected chi connectivity index (χ3v) is 5.98. The summed E-state index contributed by atoms with van der Waals surface area (Å²) >= 11 is 7.83. The Morgan fingerprint density at radius 1 is 1.10 bits per heavy atom. The quantitative estimate of drug-likeness (QED) is 0.520. The number of fused-ring (bicyclic) bond motifs is 1. The number of hydrogen-bond donors (Lipinski definition) is 2. The summed E-state index contributed by atoms with van der Waals surface area (Å²) in [7, 11) is 0. The van der Waals surface area contributed by atoms with Crippen molar-refractivity contribution >= 4 is 39.7 Å². The van der Waals surface area contributed by atoms with Crippen molar-refractivity contribution < 1.29 is 4.79 Å². The van der Waals surface area contributed by atoms with Crippen LogP contribution < -0.4 is 10.7 Å². The summed E-state index contributed by atoms with van der Waals surface area (Å²) < 4.78 is 0. The minimum atomic E-state index is -0.372. The van der Waals surface area contributed by atoms with Gasteiger partial charge in [0.25, 0.3) is 5.91 Å². The Bertz CT molecular complexity index is 1160. The first-order valence-corrected chi connectivity index (χ1v) is 10.8. The van der Waals surface area contributed by atoms with Crippen LogP contribution in [0.5, 0.6) is 0 Å². The molecule has 0 aliphatic rings. The molecule has 0 saturated heterocycles. The van der Waals surface area contributed by atoms with Gasteiger partial charge in [-0.1, -0.05) is 38.4 Å². The van der Waals surface area contributed by atoms with Crippen molar-refractivity contribution in [1.82, 2.24) is 10.3 Å². The zero-order valence-corrected chi connectivity index (χ0v) is 19.5. The number of benzene rings is 1. The Balaban J connectivity index is 2.12. The smallest absolute Gasteiger partial charge is 0.262 e. The van der Waals surface area contributed by atoms with E-state index in [0.29, 0.717) is 26.5 Å². The van der Waals surface area contributed by atoms with Gasteiger partial charge in [0.1, 0.15) is 4.88 Å². The molecule has 3 aromatic rings. The number of aromatic nitrogens is 1. The molecule has 4 nitrogen and oxygen atoms in total. The number of nitrogens with one attached hydrogen (secondary N) is 2. The second-order valence-electron chi connectivity index (χ2n) is 9.50. The van der Waals surface area contributed by atoms with Gasteiger partial charge in [0, 0.05) is 27.6 Å². The molecule has 0 bridgehead atoms. The standard InChI is InChI=1S/C23H27ClN2O2S/c1-12-8-14(22(2,3)4)15(24)9-13(12)16-10-18(27)19-17(25-16)11-29-20(19)21(28)26-23(5,6)7/h8-11,25H,1-7H3,(H,26,28). The molecule has 0 atom stereocenters. The van der Waals surface area contributed by atoms with E-state index in [9.17, 15) is 9.59 Å². The summed E-state index contributed by atoms with van der Waals surface area (Å²) in [6.45, 7) is 14.1. The zero-order valence-electron chi connectivity index (χ0n) is 17.9. The number of rotatable bonds is 2. The molecule has 0 spiro atoms. The second-order valence-corrected chi connectivity index (χ2v) is 10.8. The van der Waals surface area contributed by atoms with Gasteiger partial charge in [0.15, 0.2) is 5.43 Å². The predicted octanol–water partition coefficient (Wildman–Crippen LogP) is 6.04. The molecule has 2 heterocycles. The van der Waals surface area contributed by atoms with Crippen molar-refractivity contribution in [2.75, 3.05) is 0 Å². The van der Waals surface area contributed by atoms with Crippen LogP contribution in [-0.4, -0.2) is 16.4 Å². The number of carbonyl (C=O) groups excluding carboxylic acids is 1. The summed E-state index contributed by atoms with van der Waals surface area (Å²) in [5, 5.41) is 5.85. The lowest BCUT2D eigenvalue weighted by atomic mass is 9.85. The van der Waals surface area contributed by atoms with Crippen molar-refractivity contribution in [2.24, 2.45) is 0 Å². The van der Waals surface area contributed by atoms with E-state index in [4.69, 9.17) is 11.6 Å². The van der Waals surface area contributed by atoms with Crippen LogP contribution in [0, 0.1) is 6.92 Å². The summed E-state index contributed by atoms with van der Waals surface area (Å²) in [6.07, 6.45) is 0. The van der Waals surface area contributed by atoms with Crippen LogP contribution in [0.1, 0.15) is 62.3 Å². The van der Waals surface area contributed by atoms with Crippen molar-refractivity contribution in [3.05, 3.63) is 54.8 Å². The van der Waals surface area contributed by atoms with Crippen LogP contribution in [0.2, 0.25) is 5.02 Å².